The average molecular weight is 396 g/mol. The second-order valence-electron chi connectivity index (χ2n) is 6.43. The summed E-state index contributed by atoms with van der Waals surface area (Å²) in [4.78, 5) is 4.33. The predicted molar refractivity (Wildman–Crippen MR) is 105 cm³/mol. The van der Waals surface area contributed by atoms with Gasteiger partial charge < -0.3 is 9.64 Å². The number of benzene rings is 1. The van der Waals surface area contributed by atoms with Crippen LogP contribution >= 0.6 is 11.3 Å². The highest BCUT2D eigenvalue weighted by molar-refractivity contribution is 7.91. The van der Waals surface area contributed by atoms with Gasteiger partial charge in [-0.15, -0.1) is 11.3 Å². The maximum atomic E-state index is 12.5. The molecule has 0 amide bonds. The summed E-state index contributed by atoms with van der Waals surface area (Å²) in [6.45, 7) is 3.26. The molecule has 6 nitrogen and oxygen atoms in total. The van der Waals surface area contributed by atoms with Crippen molar-refractivity contribution >= 4 is 27.0 Å². The van der Waals surface area contributed by atoms with Gasteiger partial charge in [-0.05, 0) is 29.1 Å². The third-order valence-electron chi connectivity index (χ3n) is 4.51. The second kappa shape index (κ2) is 8.49. The summed E-state index contributed by atoms with van der Waals surface area (Å²) in [5, 5.41) is 1.77. The number of anilines is 1. The minimum absolute atomic E-state index is 0.0233. The van der Waals surface area contributed by atoms with Crippen molar-refractivity contribution in [3.05, 3.63) is 47.3 Å². The molecule has 0 radical (unpaired) electrons. The molecule has 142 valence electrons. The van der Waals surface area contributed by atoms with Crippen molar-refractivity contribution in [1.29, 1.82) is 0 Å². The van der Waals surface area contributed by atoms with Gasteiger partial charge in [-0.2, -0.15) is 0 Å². The van der Waals surface area contributed by atoms with Crippen molar-refractivity contribution < 1.29 is 13.2 Å². The van der Waals surface area contributed by atoms with Crippen LogP contribution in [0.15, 0.2) is 46.0 Å². The molecular formula is C18H25N3O3S2. The number of thiophene rings is 1. The van der Waals surface area contributed by atoms with Gasteiger partial charge in [-0.25, -0.2) is 13.1 Å². The van der Waals surface area contributed by atoms with Crippen LogP contribution in [0.3, 0.4) is 0 Å². The third-order valence-corrected chi connectivity index (χ3v) is 7.33. The molecule has 1 fully saturated rings. The van der Waals surface area contributed by atoms with Crippen molar-refractivity contribution in [2.24, 2.45) is 0 Å². The Hall–Kier alpha value is -1.45. The van der Waals surface area contributed by atoms with E-state index in [1.807, 2.05) is 19.0 Å². The summed E-state index contributed by atoms with van der Waals surface area (Å²) >= 11 is 1.23. The largest absolute Gasteiger partial charge is 0.379 e. The number of sulfonamides is 1. The Balaban J connectivity index is 1.79. The van der Waals surface area contributed by atoms with E-state index in [9.17, 15) is 8.42 Å². The summed E-state index contributed by atoms with van der Waals surface area (Å²) in [5.74, 6) is 0. The topological polar surface area (TPSA) is 61.9 Å². The molecule has 26 heavy (non-hydrogen) atoms. The molecule has 1 atom stereocenters. The fourth-order valence-corrected chi connectivity index (χ4v) is 5.09. The van der Waals surface area contributed by atoms with Crippen LogP contribution in [0.1, 0.15) is 11.6 Å². The molecule has 3 rings (SSSR count). The van der Waals surface area contributed by atoms with E-state index in [0.29, 0.717) is 24.0 Å². The molecule has 1 aliphatic rings. The van der Waals surface area contributed by atoms with Crippen LogP contribution in [0.2, 0.25) is 0 Å². The molecule has 0 unspecified atom stereocenters. The normalized spacial score (nSPS) is 17.2. The maximum absolute atomic E-state index is 12.5. The van der Waals surface area contributed by atoms with E-state index in [1.165, 1.54) is 11.3 Å². The first-order valence-electron chi connectivity index (χ1n) is 8.59. The zero-order chi connectivity index (χ0) is 18.6. The van der Waals surface area contributed by atoms with E-state index in [1.54, 1.807) is 17.5 Å². The van der Waals surface area contributed by atoms with Crippen LogP contribution in [-0.2, 0) is 14.8 Å². The summed E-state index contributed by atoms with van der Waals surface area (Å²) in [5.41, 5.74) is 2.22. The fraction of sp³-hybridized carbons (Fsp3) is 0.444. The Bertz CT molecular complexity index is 784. The van der Waals surface area contributed by atoms with Gasteiger partial charge in [0.1, 0.15) is 4.21 Å². The summed E-state index contributed by atoms with van der Waals surface area (Å²) in [6, 6.07) is 11.6. The van der Waals surface area contributed by atoms with Crippen LogP contribution < -0.4 is 9.62 Å². The molecule has 0 spiro atoms. The lowest BCUT2D eigenvalue weighted by atomic mass is 10.0. The minimum atomic E-state index is -3.48. The number of rotatable bonds is 7. The minimum Gasteiger partial charge on any atom is -0.379 e. The smallest absolute Gasteiger partial charge is 0.250 e. The molecule has 1 aliphatic heterocycles. The standard InChI is InChI=1S/C18H25N3O3S2/c1-20(2)16-7-5-15(6-8-16)17(21-9-11-24-12-10-21)14-19-26(22,23)18-4-3-13-25-18/h3-8,13,17,19H,9-12,14H2,1-2H3/t17-/m1/s1. The van der Waals surface area contributed by atoms with Gasteiger partial charge >= 0.3 is 0 Å². The van der Waals surface area contributed by atoms with Crippen LogP contribution in [0.4, 0.5) is 5.69 Å². The molecule has 0 saturated carbocycles. The average Bonchev–Trinajstić information content (AvgIpc) is 3.19. The maximum Gasteiger partial charge on any atom is 0.250 e. The lowest BCUT2D eigenvalue weighted by molar-refractivity contribution is 0.0172. The van der Waals surface area contributed by atoms with E-state index in [2.05, 4.69) is 33.9 Å². The van der Waals surface area contributed by atoms with Crippen molar-refractivity contribution in [2.75, 3.05) is 51.8 Å². The van der Waals surface area contributed by atoms with Gasteiger partial charge in [0.15, 0.2) is 0 Å². The highest BCUT2D eigenvalue weighted by Crippen LogP contribution is 2.25. The third kappa shape index (κ3) is 4.63. The van der Waals surface area contributed by atoms with E-state index in [-0.39, 0.29) is 6.04 Å². The van der Waals surface area contributed by atoms with E-state index < -0.39 is 10.0 Å². The van der Waals surface area contributed by atoms with E-state index in [4.69, 9.17) is 4.74 Å². The predicted octanol–water partition coefficient (Wildman–Crippen LogP) is 2.17. The molecule has 1 aromatic carbocycles. The van der Waals surface area contributed by atoms with Gasteiger partial charge in [-0.1, -0.05) is 18.2 Å². The van der Waals surface area contributed by atoms with Crippen molar-refractivity contribution in [3.63, 3.8) is 0 Å². The number of hydrogen-bond donors (Lipinski definition) is 1. The van der Waals surface area contributed by atoms with Crippen LogP contribution in [0.5, 0.6) is 0 Å². The van der Waals surface area contributed by atoms with Crippen molar-refractivity contribution in [3.8, 4) is 0 Å². The molecule has 1 aromatic heterocycles. The van der Waals surface area contributed by atoms with Crippen molar-refractivity contribution in [1.82, 2.24) is 9.62 Å². The Kier molecular flexibility index (Phi) is 6.31. The SMILES string of the molecule is CN(C)c1ccc([C@@H](CNS(=O)(=O)c2cccs2)N2CCOCC2)cc1. The van der Waals surface area contributed by atoms with Gasteiger partial charge in [0.2, 0.25) is 10.0 Å². The van der Waals surface area contributed by atoms with Crippen molar-refractivity contribution in [2.45, 2.75) is 10.3 Å². The van der Waals surface area contributed by atoms with Crippen LogP contribution in [-0.4, -0.2) is 60.3 Å². The lowest BCUT2D eigenvalue weighted by Crippen LogP contribution is -2.43. The summed E-state index contributed by atoms with van der Waals surface area (Å²) in [6.07, 6.45) is 0. The van der Waals surface area contributed by atoms with Gasteiger partial charge in [0, 0.05) is 45.5 Å². The first kappa shape index (κ1) is 19.3. The van der Waals surface area contributed by atoms with Gasteiger partial charge in [0.25, 0.3) is 0 Å². The Morgan fingerprint density at radius 3 is 2.46 bits per heavy atom. The number of ether oxygens (including phenoxy) is 1. The van der Waals surface area contributed by atoms with Gasteiger partial charge in [-0.3, -0.25) is 4.90 Å². The molecule has 2 aromatic rings. The number of hydrogen-bond acceptors (Lipinski definition) is 6. The monoisotopic (exact) mass is 395 g/mol. The van der Waals surface area contributed by atoms with Crippen LogP contribution in [0, 0.1) is 0 Å². The Morgan fingerprint density at radius 2 is 1.88 bits per heavy atom. The number of morpholine rings is 1. The summed E-state index contributed by atoms with van der Waals surface area (Å²) in [7, 11) is 0.529. The zero-order valence-electron chi connectivity index (χ0n) is 15.1. The van der Waals surface area contributed by atoms with E-state index in [0.717, 1.165) is 24.3 Å². The molecule has 8 heteroatoms. The number of nitrogens with one attached hydrogen (secondary N) is 1. The van der Waals surface area contributed by atoms with Crippen LogP contribution in [0.25, 0.3) is 0 Å². The second-order valence-corrected chi connectivity index (χ2v) is 9.38. The highest BCUT2D eigenvalue weighted by Gasteiger charge is 2.25. The Morgan fingerprint density at radius 1 is 1.19 bits per heavy atom. The molecular weight excluding hydrogens is 370 g/mol. The molecule has 0 bridgehead atoms. The molecule has 0 aliphatic carbocycles. The fourth-order valence-electron chi connectivity index (χ4n) is 3.02. The zero-order valence-corrected chi connectivity index (χ0v) is 16.7. The number of nitrogens with zero attached hydrogens (tertiary/aromatic N) is 2. The van der Waals surface area contributed by atoms with Gasteiger partial charge in [0.05, 0.1) is 13.2 Å². The van der Waals surface area contributed by atoms with E-state index >= 15 is 0 Å². The first-order chi connectivity index (χ1) is 12.5. The Labute approximate surface area is 159 Å². The molecule has 1 saturated heterocycles. The quantitative estimate of drug-likeness (QED) is 0.779. The lowest BCUT2D eigenvalue weighted by Gasteiger charge is -2.35. The molecule has 2 heterocycles. The molecule has 1 N–H and O–H groups in total. The summed E-state index contributed by atoms with van der Waals surface area (Å²) < 4.78 is 33.6. The first-order valence-corrected chi connectivity index (χ1v) is 11.0. The highest BCUT2D eigenvalue weighted by atomic mass is 32.2.